The molecule has 0 amide bonds. The van der Waals surface area contributed by atoms with E-state index in [-0.39, 0.29) is 18.4 Å². The second kappa shape index (κ2) is 11.3. The zero-order valence-corrected chi connectivity index (χ0v) is 22.7. The smallest absolute Gasteiger partial charge is 0.252 e. The van der Waals surface area contributed by atoms with Crippen LogP contribution in [-0.2, 0) is 26.1 Å². The van der Waals surface area contributed by atoms with Crippen molar-refractivity contribution in [3.8, 4) is 11.5 Å². The second-order valence-corrected chi connectivity index (χ2v) is 10.2. The van der Waals surface area contributed by atoms with Crippen molar-refractivity contribution in [1.29, 1.82) is 0 Å². The van der Waals surface area contributed by atoms with Crippen LogP contribution in [0.4, 0.5) is 0 Å². The highest BCUT2D eigenvalue weighted by atomic mass is 16.7. The predicted octanol–water partition coefficient (Wildman–Crippen LogP) is 4.95. The maximum absolute atomic E-state index is 13.2. The fourth-order valence-electron chi connectivity index (χ4n) is 5.35. The molecular formula is C31H32N6O3. The summed E-state index contributed by atoms with van der Waals surface area (Å²) in [5.41, 5.74) is 4.86. The van der Waals surface area contributed by atoms with Crippen molar-refractivity contribution >= 4 is 10.9 Å². The van der Waals surface area contributed by atoms with Crippen molar-refractivity contribution in [2.24, 2.45) is 0 Å². The van der Waals surface area contributed by atoms with Crippen LogP contribution < -0.4 is 15.0 Å². The molecule has 5 aromatic rings. The van der Waals surface area contributed by atoms with Crippen LogP contribution in [0.2, 0.25) is 0 Å². The van der Waals surface area contributed by atoms with Gasteiger partial charge in [-0.15, -0.1) is 5.10 Å². The number of rotatable bonds is 10. The molecule has 1 atom stereocenters. The van der Waals surface area contributed by atoms with E-state index in [1.165, 1.54) is 5.56 Å². The van der Waals surface area contributed by atoms with Crippen LogP contribution in [0, 0.1) is 6.92 Å². The van der Waals surface area contributed by atoms with Gasteiger partial charge in [0.1, 0.15) is 0 Å². The molecule has 6 rings (SSSR count). The van der Waals surface area contributed by atoms with Crippen LogP contribution >= 0.6 is 0 Å². The number of ether oxygens (including phenoxy) is 2. The Bertz CT molecular complexity index is 1680. The Morgan fingerprint density at radius 1 is 0.975 bits per heavy atom. The molecular weight excluding hydrogens is 504 g/mol. The van der Waals surface area contributed by atoms with Gasteiger partial charge < -0.3 is 14.5 Å². The van der Waals surface area contributed by atoms with E-state index >= 15 is 0 Å². The predicted molar refractivity (Wildman–Crippen MR) is 152 cm³/mol. The van der Waals surface area contributed by atoms with Gasteiger partial charge in [0.2, 0.25) is 6.79 Å². The van der Waals surface area contributed by atoms with Crippen molar-refractivity contribution < 1.29 is 9.47 Å². The number of pyridine rings is 1. The number of H-pyrrole nitrogens is 1. The monoisotopic (exact) mass is 536 g/mol. The Balaban J connectivity index is 1.34. The standard InChI is InChI=1S/C31H32N6O3/c1-3-27(30-33-34-35-37(30)14-13-22-7-5-4-6-8-22)36(18-23-10-12-28-29(16-23)40-20-39-28)19-25-17-24-15-21(2)9-11-26(24)32-31(25)38/h4-12,15-17,27H,3,13-14,18-20H2,1-2H3,(H,32,38)/t27-/m1/s1. The van der Waals surface area contributed by atoms with Gasteiger partial charge in [-0.05, 0) is 77.0 Å². The van der Waals surface area contributed by atoms with Crippen molar-refractivity contribution in [1.82, 2.24) is 30.1 Å². The minimum Gasteiger partial charge on any atom is -0.454 e. The number of hydrogen-bond acceptors (Lipinski definition) is 7. The topological polar surface area (TPSA) is 98.2 Å². The zero-order valence-electron chi connectivity index (χ0n) is 22.7. The number of aromatic nitrogens is 5. The van der Waals surface area contributed by atoms with E-state index < -0.39 is 0 Å². The highest BCUT2D eigenvalue weighted by Crippen LogP contribution is 2.34. The zero-order chi connectivity index (χ0) is 27.5. The lowest BCUT2D eigenvalue weighted by Gasteiger charge is -2.30. The van der Waals surface area contributed by atoms with E-state index in [9.17, 15) is 4.79 Å². The lowest BCUT2D eigenvalue weighted by atomic mass is 10.1. The van der Waals surface area contributed by atoms with Crippen LogP contribution in [0.25, 0.3) is 10.9 Å². The van der Waals surface area contributed by atoms with Crippen LogP contribution in [0.1, 0.15) is 47.5 Å². The minimum absolute atomic E-state index is 0.0921. The molecule has 1 N–H and O–H groups in total. The first-order chi connectivity index (χ1) is 19.6. The van der Waals surface area contributed by atoms with Crippen LogP contribution in [0.3, 0.4) is 0 Å². The first-order valence-electron chi connectivity index (χ1n) is 13.6. The molecule has 0 radical (unpaired) electrons. The molecule has 3 heterocycles. The normalized spacial score (nSPS) is 13.3. The van der Waals surface area contributed by atoms with Crippen LogP contribution in [-0.4, -0.2) is 36.9 Å². The highest BCUT2D eigenvalue weighted by Gasteiger charge is 2.27. The van der Waals surface area contributed by atoms with E-state index in [0.29, 0.717) is 25.2 Å². The van der Waals surface area contributed by atoms with Gasteiger partial charge in [-0.1, -0.05) is 55.0 Å². The first-order valence-corrected chi connectivity index (χ1v) is 13.6. The number of aryl methyl sites for hydroxylation is 3. The molecule has 9 nitrogen and oxygen atoms in total. The number of hydrogen-bond donors (Lipinski definition) is 1. The van der Waals surface area contributed by atoms with E-state index in [4.69, 9.17) is 9.47 Å². The molecule has 2 aromatic heterocycles. The third-order valence-electron chi connectivity index (χ3n) is 7.41. The third-order valence-corrected chi connectivity index (χ3v) is 7.41. The van der Waals surface area contributed by atoms with Crippen molar-refractivity contribution in [2.45, 2.75) is 52.4 Å². The maximum atomic E-state index is 13.2. The number of nitrogens with zero attached hydrogens (tertiary/aromatic N) is 5. The third kappa shape index (κ3) is 5.46. The summed E-state index contributed by atoms with van der Waals surface area (Å²) < 4.78 is 13.0. The molecule has 0 saturated carbocycles. The summed E-state index contributed by atoms with van der Waals surface area (Å²) in [4.78, 5) is 18.6. The summed E-state index contributed by atoms with van der Waals surface area (Å²) in [6, 6.07) is 24.2. The van der Waals surface area contributed by atoms with Gasteiger partial charge in [-0.3, -0.25) is 9.69 Å². The van der Waals surface area contributed by atoms with Gasteiger partial charge in [0, 0.05) is 30.7 Å². The van der Waals surface area contributed by atoms with Gasteiger partial charge in [0.15, 0.2) is 17.3 Å². The lowest BCUT2D eigenvalue weighted by Crippen LogP contribution is -2.32. The quantitative estimate of drug-likeness (QED) is 0.270. The summed E-state index contributed by atoms with van der Waals surface area (Å²) in [5, 5.41) is 13.9. The maximum Gasteiger partial charge on any atom is 0.252 e. The van der Waals surface area contributed by atoms with Gasteiger partial charge in [0.25, 0.3) is 5.56 Å². The number of benzene rings is 3. The summed E-state index contributed by atoms with van der Waals surface area (Å²) in [6.45, 7) is 6.07. The Kier molecular flexibility index (Phi) is 7.29. The van der Waals surface area contributed by atoms with Gasteiger partial charge in [0.05, 0.1) is 6.04 Å². The Morgan fingerprint density at radius 3 is 2.67 bits per heavy atom. The average Bonchev–Trinajstić information content (AvgIpc) is 3.63. The van der Waals surface area contributed by atoms with E-state index in [1.54, 1.807) is 0 Å². The highest BCUT2D eigenvalue weighted by molar-refractivity contribution is 5.79. The van der Waals surface area contributed by atoms with E-state index in [0.717, 1.165) is 52.2 Å². The van der Waals surface area contributed by atoms with Crippen molar-refractivity contribution in [3.05, 3.63) is 111 Å². The molecule has 0 fully saturated rings. The Labute approximate surface area is 232 Å². The van der Waals surface area contributed by atoms with E-state index in [1.807, 2.05) is 59.3 Å². The molecule has 0 spiro atoms. The average molecular weight is 537 g/mol. The molecule has 3 aromatic carbocycles. The minimum atomic E-state index is -0.121. The van der Waals surface area contributed by atoms with E-state index in [2.05, 4.69) is 57.5 Å². The molecule has 0 aliphatic carbocycles. The molecule has 204 valence electrons. The van der Waals surface area contributed by atoms with Gasteiger partial charge in [-0.25, -0.2) is 4.68 Å². The van der Waals surface area contributed by atoms with Crippen LogP contribution in [0.5, 0.6) is 11.5 Å². The first kappa shape index (κ1) is 25.8. The molecule has 0 bridgehead atoms. The fraction of sp³-hybridized carbons (Fsp3) is 0.290. The summed E-state index contributed by atoms with van der Waals surface area (Å²) >= 11 is 0. The van der Waals surface area contributed by atoms with Crippen LogP contribution in [0.15, 0.2) is 77.6 Å². The number of nitrogens with one attached hydrogen (secondary N) is 1. The fourth-order valence-corrected chi connectivity index (χ4v) is 5.35. The summed E-state index contributed by atoms with van der Waals surface area (Å²) in [6.07, 6.45) is 1.59. The molecule has 0 unspecified atom stereocenters. The lowest BCUT2D eigenvalue weighted by molar-refractivity contribution is 0.160. The molecule has 9 heteroatoms. The largest absolute Gasteiger partial charge is 0.454 e. The van der Waals surface area contributed by atoms with Crippen molar-refractivity contribution in [3.63, 3.8) is 0 Å². The number of fused-ring (bicyclic) bond motifs is 2. The Hall–Kier alpha value is -4.50. The molecule has 1 aliphatic heterocycles. The van der Waals surface area contributed by atoms with Crippen molar-refractivity contribution in [2.75, 3.05) is 6.79 Å². The van der Waals surface area contributed by atoms with Gasteiger partial charge >= 0.3 is 0 Å². The number of aromatic amines is 1. The molecule has 0 saturated heterocycles. The molecule has 40 heavy (non-hydrogen) atoms. The summed E-state index contributed by atoms with van der Waals surface area (Å²) in [7, 11) is 0. The Morgan fingerprint density at radius 2 is 1.82 bits per heavy atom. The molecule has 1 aliphatic rings. The number of tetrazole rings is 1. The SMILES string of the molecule is CC[C@H](c1nnnn1CCc1ccccc1)N(Cc1ccc2c(c1)OCO2)Cc1cc2cc(C)ccc2[nH]c1=O. The van der Waals surface area contributed by atoms with Gasteiger partial charge in [-0.2, -0.15) is 0 Å². The second-order valence-electron chi connectivity index (χ2n) is 10.2. The summed E-state index contributed by atoms with van der Waals surface area (Å²) in [5.74, 6) is 2.26.